The van der Waals surface area contributed by atoms with Crippen molar-refractivity contribution in [1.29, 1.82) is 5.26 Å². The van der Waals surface area contributed by atoms with Gasteiger partial charge >= 0.3 is 6.18 Å². The molecule has 1 aromatic rings. The third-order valence-electron chi connectivity index (χ3n) is 3.61. The SMILES string of the molecule is N#Cc1cccc(OC2CCN(C[C@H](O)C(F)(F)F)CC2)c1. The number of nitrogens with zero attached hydrogens (tertiary/aromatic N) is 2. The van der Waals surface area contributed by atoms with Gasteiger partial charge < -0.3 is 14.7 Å². The van der Waals surface area contributed by atoms with Crippen LogP contribution >= 0.6 is 0 Å². The quantitative estimate of drug-likeness (QED) is 0.927. The number of nitriles is 1. The minimum Gasteiger partial charge on any atom is -0.490 e. The standard InChI is InChI=1S/C15H17F3N2O2/c16-15(17,18)14(21)10-20-6-4-12(5-7-20)22-13-3-1-2-11(8-13)9-19/h1-3,8,12,14,21H,4-7,10H2/t14-/m0/s1. The van der Waals surface area contributed by atoms with Crippen molar-refractivity contribution in [3.8, 4) is 11.8 Å². The Balaban J connectivity index is 1.81. The van der Waals surface area contributed by atoms with Gasteiger partial charge in [-0.1, -0.05) is 6.07 Å². The Bertz CT molecular complexity index is 534. The first-order valence-electron chi connectivity index (χ1n) is 7.02. The number of piperidine rings is 1. The van der Waals surface area contributed by atoms with E-state index in [-0.39, 0.29) is 6.10 Å². The fourth-order valence-electron chi connectivity index (χ4n) is 2.39. The van der Waals surface area contributed by atoms with Gasteiger partial charge in [-0.15, -0.1) is 0 Å². The second-order valence-electron chi connectivity index (χ2n) is 5.31. The molecular weight excluding hydrogens is 297 g/mol. The zero-order valence-electron chi connectivity index (χ0n) is 11.9. The molecule has 2 rings (SSSR count). The molecule has 22 heavy (non-hydrogen) atoms. The van der Waals surface area contributed by atoms with Crippen LogP contribution < -0.4 is 4.74 Å². The van der Waals surface area contributed by atoms with Crippen molar-refractivity contribution in [3.05, 3.63) is 29.8 Å². The van der Waals surface area contributed by atoms with Crippen LogP contribution in [0.2, 0.25) is 0 Å². The molecule has 1 aromatic carbocycles. The van der Waals surface area contributed by atoms with Crippen molar-refractivity contribution in [2.24, 2.45) is 0 Å². The molecule has 120 valence electrons. The van der Waals surface area contributed by atoms with Gasteiger partial charge in [0.25, 0.3) is 0 Å². The van der Waals surface area contributed by atoms with E-state index in [4.69, 9.17) is 15.1 Å². The number of aliphatic hydroxyl groups excluding tert-OH is 1. The number of halogens is 3. The van der Waals surface area contributed by atoms with Gasteiger partial charge in [0, 0.05) is 19.6 Å². The molecule has 1 heterocycles. The summed E-state index contributed by atoms with van der Waals surface area (Å²) in [5.41, 5.74) is 0.503. The molecule has 0 bridgehead atoms. The van der Waals surface area contributed by atoms with E-state index in [9.17, 15) is 13.2 Å². The highest BCUT2D eigenvalue weighted by Crippen LogP contribution is 2.23. The molecule has 1 saturated heterocycles. The average Bonchev–Trinajstić information content (AvgIpc) is 2.48. The molecule has 1 atom stereocenters. The number of ether oxygens (including phenoxy) is 1. The Morgan fingerprint density at radius 1 is 1.36 bits per heavy atom. The lowest BCUT2D eigenvalue weighted by Gasteiger charge is -2.33. The largest absolute Gasteiger partial charge is 0.490 e. The first kappa shape index (κ1) is 16.6. The topological polar surface area (TPSA) is 56.5 Å². The van der Waals surface area contributed by atoms with E-state index in [1.165, 1.54) is 0 Å². The molecule has 0 unspecified atom stereocenters. The number of likely N-dealkylation sites (tertiary alicyclic amines) is 1. The minimum atomic E-state index is -4.58. The summed E-state index contributed by atoms with van der Waals surface area (Å²) in [4.78, 5) is 1.59. The maximum Gasteiger partial charge on any atom is 0.415 e. The predicted molar refractivity (Wildman–Crippen MR) is 73.3 cm³/mol. The maximum atomic E-state index is 12.3. The molecule has 0 saturated carbocycles. The highest BCUT2D eigenvalue weighted by atomic mass is 19.4. The molecule has 7 heteroatoms. The molecule has 1 fully saturated rings. The summed E-state index contributed by atoms with van der Waals surface area (Å²) >= 11 is 0. The van der Waals surface area contributed by atoms with Crippen LogP contribution in [0.5, 0.6) is 5.75 Å². The average molecular weight is 314 g/mol. The van der Waals surface area contributed by atoms with Crippen LogP contribution in [0, 0.1) is 11.3 Å². The van der Waals surface area contributed by atoms with Crippen LogP contribution in [0.1, 0.15) is 18.4 Å². The number of rotatable bonds is 4. The van der Waals surface area contributed by atoms with Gasteiger partial charge in [-0.2, -0.15) is 18.4 Å². The summed E-state index contributed by atoms with van der Waals surface area (Å²) < 4.78 is 42.7. The van der Waals surface area contributed by atoms with Crippen molar-refractivity contribution in [2.75, 3.05) is 19.6 Å². The number of aliphatic hydroxyl groups is 1. The number of hydrogen-bond donors (Lipinski definition) is 1. The van der Waals surface area contributed by atoms with Crippen LogP contribution in [-0.2, 0) is 0 Å². The third kappa shape index (κ3) is 4.61. The van der Waals surface area contributed by atoms with Gasteiger partial charge in [-0.25, -0.2) is 0 Å². The normalized spacial score (nSPS) is 18.7. The van der Waals surface area contributed by atoms with Crippen molar-refractivity contribution in [2.45, 2.75) is 31.2 Å². The number of β-amino-alcohol motifs (C(OH)–C–C–N with tert-alkyl or cyclic N) is 1. The Hall–Kier alpha value is -1.78. The smallest absolute Gasteiger partial charge is 0.415 e. The predicted octanol–water partition coefficient (Wildman–Crippen LogP) is 2.32. The lowest BCUT2D eigenvalue weighted by molar-refractivity contribution is -0.208. The molecule has 1 N–H and O–H groups in total. The molecule has 1 aliphatic heterocycles. The van der Waals surface area contributed by atoms with E-state index in [0.29, 0.717) is 37.2 Å². The number of hydrogen-bond acceptors (Lipinski definition) is 4. The molecule has 0 aliphatic carbocycles. The van der Waals surface area contributed by atoms with Crippen LogP contribution in [0.3, 0.4) is 0 Å². The molecule has 0 radical (unpaired) electrons. The molecule has 1 aliphatic rings. The Morgan fingerprint density at radius 2 is 2.05 bits per heavy atom. The second kappa shape index (κ2) is 6.99. The van der Waals surface area contributed by atoms with E-state index in [2.05, 4.69) is 0 Å². The van der Waals surface area contributed by atoms with Crippen molar-refractivity contribution >= 4 is 0 Å². The van der Waals surface area contributed by atoms with Gasteiger partial charge in [0.2, 0.25) is 0 Å². The lowest BCUT2D eigenvalue weighted by atomic mass is 10.1. The first-order valence-corrected chi connectivity index (χ1v) is 7.02. The minimum absolute atomic E-state index is 0.0896. The molecule has 4 nitrogen and oxygen atoms in total. The van der Waals surface area contributed by atoms with Gasteiger partial charge in [-0.3, -0.25) is 0 Å². The van der Waals surface area contributed by atoms with E-state index >= 15 is 0 Å². The summed E-state index contributed by atoms with van der Waals surface area (Å²) in [5, 5.41) is 17.9. The second-order valence-corrected chi connectivity index (χ2v) is 5.31. The van der Waals surface area contributed by atoms with Crippen LogP contribution in [0.4, 0.5) is 13.2 Å². The van der Waals surface area contributed by atoms with Crippen molar-refractivity contribution in [3.63, 3.8) is 0 Å². The molecule has 0 spiro atoms. The first-order chi connectivity index (χ1) is 10.4. The zero-order chi connectivity index (χ0) is 16.2. The molecular formula is C15H17F3N2O2. The highest BCUT2D eigenvalue weighted by molar-refractivity contribution is 5.36. The third-order valence-corrected chi connectivity index (χ3v) is 3.61. The van der Waals surface area contributed by atoms with Gasteiger partial charge in [0.05, 0.1) is 11.6 Å². The maximum absolute atomic E-state index is 12.3. The van der Waals surface area contributed by atoms with Gasteiger partial charge in [0.1, 0.15) is 11.9 Å². The van der Waals surface area contributed by atoms with E-state index in [0.717, 1.165) is 0 Å². The Kier molecular flexibility index (Phi) is 5.27. The Morgan fingerprint density at radius 3 is 2.64 bits per heavy atom. The summed E-state index contributed by atoms with van der Waals surface area (Å²) in [5.74, 6) is 0.591. The van der Waals surface area contributed by atoms with Crippen LogP contribution in [0.15, 0.2) is 24.3 Å². The summed E-state index contributed by atoms with van der Waals surface area (Å²) in [6, 6.07) is 8.81. The molecule has 0 aromatic heterocycles. The fourth-order valence-corrected chi connectivity index (χ4v) is 2.39. The van der Waals surface area contributed by atoms with Crippen molar-refractivity contribution < 1.29 is 23.0 Å². The fraction of sp³-hybridized carbons (Fsp3) is 0.533. The van der Waals surface area contributed by atoms with Crippen LogP contribution in [-0.4, -0.2) is 48.0 Å². The summed E-state index contributed by atoms with van der Waals surface area (Å²) in [6.07, 6.45) is -5.81. The highest BCUT2D eigenvalue weighted by Gasteiger charge is 2.39. The molecule has 0 amide bonds. The monoisotopic (exact) mass is 314 g/mol. The van der Waals surface area contributed by atoms with E-state index in [1.54, 1.807) is 29.2 Å². The zero-order valence-corrected chi connectivity index (χ0v) is 11.9. The van der Waals surface area contributed by atoms with Crippen LogP contribution in [0.25, 0.3) is 0 Å². The lowest BCUT2D eigenvalue weighted by Crippen LogP contribution is -2.45. The number of alkyl halides is 3. The Labute approximate surface area is 126 Å². The van der Waals surface area contributed by atoms with Crippen molar-refractivity contribution in [1.82, 2.24) is 4.90 Å². The summed E-state index contributed by atoms with van der Waals surface area (Å²) in [7, 11) is 0. The van der Waals surface area contributed by atoms with E-state index < -0.39 is 18.8 Å². The summed E-state index contributed by atoms with van der Waals surface area (Å²) in [6.45, 7) is 0.478. The van der Waals surface area contributed by atoms with Gasteiger partial charge in [-0.05, 0) is 31.0 Å². The van der Waals surface area contributed by atoms with Gasteiger partial charge in [0.15, 0.2) is 6.10 Å². The van der Waals surface area contributed by atoms with E-state index in [1.807, 2.05) is 6.07 Å². The number of benzene rings is 1.